The van der Waals surface area contributed by atoms with Crippen LogP contribution in [0.5, 0.6) is 11.5 Å². The Bertz CT molecular complexity index is 1310. The van der Waals surface area contributed by atoms with Crippen LogP contribution in [0.4, 0.5) is 0 Å². The number of rotatable bonds is 10. The Morgan fingerprint density at radius 1 is 0.611 bits per heavy atom. The van der Waals surface area contributed by atoms with Crippen LogP contribution in [0.15, 0.2) is 85.2 Å². The molecule has 0 amide bonds. The zero-order valence-corrected chi connectivity index (χ0v) is 20.7. The second kappa shape index (κ2) is 11.2. The molecule has 0 atom stereocenters. The molecular weight excluding hydrogens is 499 g/mol. The van der Waals surface area contributed by atoms with Gasteiger partial charge in [0.1, 0.15) is 36.1 Å². The fraction of sp³-hybridized carbons (Fsp3) is 0.154. The first-order chi connectivity index (χ1) is 17.6. The van der Waals surface area contributed by atoms with Gasteiger partial charge in [-0.25, -0.2) is 9.36 Å². The molecule has 8 nitrogen and oxygen atoms in total. The van der Waals surface area contributed by atoms with Gasteiger partial charge >= 0.3 is 0 Å². The molecular formula is C26H22Cl2N6O2. The highest BCUT2D eigenvalue weighted by molar-refractivity contribution is 6.30. The zero-order valence-electron chi connectivity index (χ0n) is 19.2. The lowest BCUT2D eigenvalue weighted by atomic mass is 10.2. The second-order valence-corrected chi connectivity index (χ2v) is 8.99. The summed E-state index contributed by atoms with van der Waals surface area (Å²) in [6.07, 6.45) is 3.73. The lowest BCUT2D eigenvalue weighted by Gasteiger charge is -2.07. The minimum Gasteiger partial charge on any atom is -0.487 e. The minimum atomic E-state index is 0.295. The molecule has 182 valence electrons. The van der Waals surface area contributed by atoms with Crippen LogP contribution in [0.2, 0.25) is 10.0 Å². The summed E-state index contributed by atoms with van der Waals surface area (Å²) in [6, 6.07) is 22.7. The zero-order chi connectivity index (χ0) is 24.7. The molecule has 0 unspecified atom stereocenters. The van der Waals surface area contributed by atoms with E-state index >= 15 is 0 Å². The van der Waals surface area contributed by atoms with Crippen LogP contribution in [-0.4, -0.2) is 30.0 Å². The summed E-state index contributed by atoms with van der Waals surface area (Å²) < 4.78 is 15.3. The molecule has 0 spiro atoms. The first-order valence-corrected chi connectivity index (χ1v) is 12.0. The summed E-state index contributed by atoms with van der Waals surface area (Å²) in [5.74, 6) is 1.34. The van der Waals surface area contributed by atoms with E-state index < -0.39 is 0 Å². The largest absolute Gasteiger partial charge is 0.487 e. The molecule has 0 bridgehead atoms. The summed E-state index contributed by atoms with van der Waals surface area (Å²) in [4.78, 5) is 0. The Balaban J connectivity index is 1.11. The quantitative estimate of drug-likeness (QED) is 0.244. The van der Waals surface area contributed by atoms with Crippen molar-refractivity contribution in [2.75, 3.05) is 0 Å². The van der Waals surface area contributed by atoms with Gasteiger partial charge in [-0.3, -0.25) is 0 Å². The van der Waals surface area contributed by atoms with Crippen molar-refractivity contribution in [3.05, 3.63) is 118 Å². The van der Waals surface area contributed by atoms with Crippen molar-refractivity contribution in [3.8, 4) is 11.5 Å². The van der Waals surface area contributed by atoms with Crippen LogP contribution < -0.4 is 9.47 Å². The van der Waals surface area contributed by atoms with Crippen LogP contribution in [0, 0.1) is 0 Å². The SMILES string of the molecule is Clc1ccc(Cn2cc(COc3cccc(OCc4cn(Cc5ccc(Cl)cc5)nn4)c3)nn2)cc1. The predicted octanol–water partition coefficient (Wildman–Crippen LogP) is 5.43. The first-order valence-electron chi connectivity index (χ1n) is 11.2. The number of benzene rings is 3. The molecule has 0 aliphatic heterocycles. The number of aromatic nitrogens is 6. The topological polar surface area (TPSA) is 79.9 Å². The average Bonchev–Trinajstić information content (AvgIpc) is 3.54. The normalized spacial score (nSPS) is 10.9. The highest BCUT2D eigenvalue weighted by Gasteiger charge is 2.06. The van der Waals surface area contributed by atoms with Crippen molar-refractivity contribution in [2.45, 2.75) is 26.3 Å². The number of hydrogen-bond donors (Lipinski definition) is 0. The molecule has 10 heteroatoms. The molecule has 3 aromatic carbocycles. The smallest absolute Gasteiger partial charge is 0.134 e. The third kappa shape index (κ3) is 6.62. The Morgan fingerprint density at radius 3 is 1.50 bits per heavy atom. The van der Waals surface area contributed by atoms with Gasteiger partial charge in [-0.2, -0.15) is 0 Å². The number of hydrogen-bond acceptors (Lipinski definition) is 6. The molecule has 0 aliphatic carbocycles. The maximum Gasteiger partial charge on any atom is 0.134 e. The molecule has 0 aliphatic rings. The van der Waals surface area contributed by atoms with E-state index in [0.717, 1.165) is 22.5 Å². The summed E-state index contributed by atoms with van der Waals surface area (Å²) in [5, 5.41) is 18.1. The molecule has 0 N–H and O–H groups in total. The second-order valence-electron chi connectivity index (χ2n) is 8.12. The maximum absolute atomic E-state index is 5.94. The van der Waals surface area contributed by atoms with Crippen molar-refractivity contribution in [1.82, 2.24) is 30.0 Å². The van der Waals surface area contributed by atoms with Gasteiger partial charge in [0, 0.05) is 16.1 Å². The van der Waals surface area contributed by atoms with Gasteiger partial charge in [0.05, 0.1) is 25.5 Å². The molecule has 2 heterocycles. The standard InChI is InChI=1S/C26H22Cl2N6O2/c27-21-8-4-19(5-9-21)13-33-15-23(29-31-33)17-35-25-2-1-3-26(12-25)36-18-24-16-34(32-30-24)14-20-6-10-22(28)11-7-20/h1-12,15-16H,13-14,17-18H2. The van der Waals surface area contributed by atoms with Crippen LogP contribution in [0.3, 0.4) is 0 Å². The van der Waals surface area contributed by atoms with Gasteiger partial charge in [0.25, 0.3) is 0 Å². The van der Waals surface area contributed by atoms with Crippen LogP contribution in [0.25, 0.3) is 0 Å². The molecule has 5 rings (SSSR count). The van der Waals surface area contributed by atoms with Gasteiger partial charge in [0.15, 0.2) is 0 Å². The fourth-order valence-corrected chi connectivity index (χ4v) is 3.74. The van der Waals surface area contributed by atoms with E-state index in [4.69, 9.17) is 32.7 Å². The number of halogens is 2. The van der Waals surface area contributed by atoms with E-state index in [2.05, 4.69) is 20.6 Å². The Kier molecular flexibility index (Phi) is 7.44. The Labute approximate surface area is 218 Å². The molecule has 0 saturated heterocycles. The minimum absolute atomic E-state index is 0.295. The first kappa shape index (κ1) is 23.8. The van der Waals surface area contributed by atoms with Crippen molar-refractivity contribution < 1.29 is 9.47 Å². The van der Waals surface area contributed by atoms with Crippen LogP contribution in [0.1, 0.15) is 22.5 Å². The lowest BCUT2D eigenvalue weighted by Crippen LogP contribution is -2.00. The summed E-state index contributed by atoms with van der Waals surface area (Å²) >= 11 is 11.9. The van der Waals surface area contributed by atoms with E-state index in [1.54, 1.807) is 9.36 Å². The van der Waals surface area contributed by atoms with Gasteiger partial charge in [-0.05, 0) is 47.5 Å². The molecule has 36 heavy (non-hydrogen) atoms. The van der Waals surface area contributed by atoms with E-state index in [1.165, 1.54) is 0 Å². The van der Waals surface area contributed by atoms with E-state index in [9.17, 15) is 0 Å². The lowest BCUT2D eigenvalue weighted by molar-refractivity contribution is 0.285. The van der Waals surface area contributed by atoms with Gasteiger partial charge < -0.3 is 9.47 Å². The van der Waals surface area contributed by atoms with Crippen molar-refractivity contribution in [2.24, 2.45) is 0 Å². The highest BCUT2D eigenvalue weighted by Crippen LogP contribution is 2.21. The number of ether oxygens (including phenoxy) is 2. The molecule has 0 fully saturated rings. The Morgan fingerprint density at radius 2 is 1.06 bits per heavy atom. The fourth-order valence-electron chi connectivity index (χ4n) is 3.49. The van der Waals surface area contributed by atoms with E-state index in [0.29, 0.717) is 47.8 Å². The van der Waals surface area contributed by atoms with E-state index in [-0.39, 0.29) is 0 Å². The van der Waals surface area contributed by atoms with Crippen molar-refractivity contribution in [3.63, 3.8) is 0 Å². The predicted molar refractivity (Wildman–Crippen MR) is 136 cm³/mol. The molecule has 0 radical (unpaired) electrons. The highest BCUT2D eigenvalue weighted by atomic mass is 35.5. The summed E-state index contributed by atoms with van der Waals surface area (Å²) in [7, 11) is 0. The Hall–Kier alpha value is -3.88. The number of nitrogens with zero attached hydrogens (tertiary/aromatic N) is 6. The third-order valence-electron chi connectivity index (χ3n) is 5.27. The van der Waals surface area contributed by atoms with Gasteiger partial charge in [-0.1, -0.05) is 64.0 Å². The monoisotopic (exact) mass is 520 g/mol. The van der Waals surface area contributed by atoms with Crippen LogP contribution >= 0.6 is 23.2 Å². The van der Waals surface area contributed by atoms with Crippen molar-refractivity contribution in [1.29, 1.82) is 0 Å². The molecule has 2 aromatic heterocycles. The molecule has 5 aromatic rings. The third-order valence-corrected chi connectivity index (χ3v) is 5.77. The van der Waals surface area contributed by atoms with Crippen LogP contribution in [-0.2, 0) is 26.3 Å². The van der Waals surface area contributed by atoms with Gasteiger partial charge in [0.2, 0.25) is 0 Å². The summed E-state index contributed by atoms with van der Waals surface area (Å²) in [5.41, 5.74) is 3.64. The van der Waals surface area contributed by atoms with Crippen molar-refractivity contribution >= 4 is 23.2 Å². The summed E-state index contributed by atoms with van der Waals surface area (Å²) in [6.45, 7) is 1.81. The average molecular weight is 521 g/mol. The molecule has 0 saturated carbocycles. The van der Waals surface area contributed by atoms with E-state index in [1.807, 2.05) is 85.2 Å². The van der Waals surface area contributed by atoms with Gasteiger partial charge in [-0.15, -0.1) is 10.2 Å². The maximum atomic E-state index is 5.94.